The second-order valence-corrected chi connectivity index (χ2v) is 10.4. The molecule has 2 heterocycles. The maximum absolute atomic E-state index is 12.8. The van der Waals surface area contributed by atoms with E-state index in [0.717, 1.165) is 0 Å². The topological polar surface area (TPSA) is 241 Å². The van der Waals surface area contributed by atoms with E-state index in [1.807, 2.05) is 0 Å². The average molecular weight is 508 g/mol. The third kappa shape index (κ3) is 4.14. The third-order valence-electron chi connectivity index (χ3n) is 4.79. The van der Waals surface area contributed by atoms with Crippen molar-refractivity contribution in [2.24, 2.45) is 16.6 Å². The number of tetrazole rings is 1. The predicted octanol–water partition coefficient (Wildman–Crippen LogP) is 0.296. The summed E-state index contributed by atoms with van der Waals surface area (Å²) in [4.78, 5) is 3.97. The van der Waals surface area contributed by atoms with Crippen molar-refractivity contribution in [2.75, 3.05) is 6.54 Å². The number of fused-ring (bicyclic) bond motifs is 1. The lowest BCUT2D eigenvalue weighted by atomic mass is 9.95. The molecule has 0 aliphatic rings. The Morgan fingerprint density at radius 1 is 1.27 bits per heavy atom. The van der Waals surface area contributed by atoms with Gasteiger partial charge in [0, 0.05) is 12.1 Å². The first-order chi connectivity index (χ1) is 15.6. The first-order valence-electron chi connectivity index (χ1n) is 9.11. The summed E-state index contributed by atoms with van der Waals surface area (Å²) < 4.78 is 47.9. The highest BCUT2D eigenvalue weighted by Gasteiger charge is 2.32. The Morgan fingerprint density at radius 3 is 2.61 bits per heavy atom. The number of H-pyrrole nitrogens is 1. The molecule has 0 saturated heterocycles. The zero-order chi connectivity index (χ0) is 23.9. The standard InChI is InChI=1S/C17H17N9O4S3/c18-6-11(32(27)28)9-5-4-7(12(14(9)33(21,29)30)16-23-25-26-24-16)8-2-1-3-10-13(8)22-17(31-10)15(19)20/h1-5,11H,6,18H2,(H3,19,20)(H,27,28)(H2,21,29,30)(H,23,24,25,26). The van der Waals surface area contributed by atoms with Crippen LogP contribution < -0.4 is 16.6 Å². The quantitative estimate of drug-likeness (QED) is 0.113. The van der Waals surface area contributed by atoms with Gasteiger partial charge in [-0.15, -0.1) is 21.5 Å². The van der Waals surface area contributed by atoms with Crippen LogP contribution in [0.2, 0.25) is 0 Å². The number of benzene rings is 2. The van der Waals surface area contributed by atoms with Gasteiger partial charge in [-0.2, -0.15) is 5.21 Å². The van der Waals surface area contributed by atoms with Crippen molar-refractivity contribution in [3.8, 4) is 22.5 Å². The van der Waals surface area contributed by atoms with E-state index >= 15 is 0 Å². The zero-order valence-electron chi connectivity index (χ0n) is 16.6. The molecule has 0 fully saturated rings. The fourth-order valence-electron chi connectivity index (χ4n) is 3.47. The van der Waals surface area contributed by atoms with E-state index in [2.05, 4.69) is 25.6 Å². The summed E-state index contributed by atoms with van der Waals surface area (Å²) >= 11 is -1.29. The van der Waals surface area contributed by atoms with Crippen molar-refractivity contribution in [3.05, 3.63) is 40.9 Å². The minimum Gasteiger partial charge on any atom is -0.382 e. The minimum atomic E-state index is -4.47. The molecule has 0 aliphatic carbocycles. The number of sulfonamides is 1. The number of thiazole rings is 1. The molecule has 33 heavy (non-hydrogen) atoms. The van der Waals surface area contributed by atoms with Gasteiger partial charge < -0.3 is 16.0 Å². The average Bonchev–Trinajstić information content (AvgIpc) is 3.42. The van der Waals surface area contributed by atoms with Gasteiger partial charge in [0.1, 0.15) is 0 Å². The number of nitrogen functional groups attached to an aromatic ring is 1. The second kappa shape index (κ2) is 8.65. The van der Waals surface area contributed by atoms with Crippen molar-refractivity contribution >= 4 is 48.5 Å². The highest BCUT2D eigenvalue weighted by atomic mass is 32.2. The number of nitrogens with one attached hydrogen (secondary N) is 2. The molecule has 0 aliphatic heterocycles. The Labute approximate surface area is 193 Å². The third-order valence-corrected chi connectivity index (χ3v) is 7.78. The summed E-state index contributed by atoms with van der Waals surface area (Å²) in [6.45, 7) is -0.319. The Kier molecular flexibility index (Phi) is 6.04. The molecule has 172 valence electrons. The highest BCUT2D eigenvalue weighted by molar-refractivity contribution is 7.89. The minimum absolute atomic E-state index is 0.0301. The zero-order valence-corrected chi connectivity index (χ0v) is 19.0. The number of nitrogens with two attached hydrogens (primary N) is 3. The summed E-state index contributed by atoms with van der Waals surface area (Å²) in [5, 5.41) is 25.9. The summed E-state index contributed by atoms with van der Waals surface area (Å²) in [5.41, 5.74) is 12.4. The molecule has 0 radical (unpaired) electrons. The molecular weight excluding hydrogens is 490 g/mol. The van der Waals surface area contributed by atoms with E-state index in [4.69, 9.17) is 22.0 Å². The van der Waals surface area contributed by atoms with Gasteiger partial charge in [-0.05, 0) is 22.4 Å². The number of aromatic nitrogens is 5. The SMILES string of the molecule is N=C(N)c1nc2c(-c3ccc(C(CN)S(=O)O)c(S(N)(=O)=O)c3-c3nn[nH]n3)cccc2s1. The molecule has 0 amide bonds. The molecule has 0 spiro atoms. The van der Waals surface area contributed by atoms with Crippen LogP contribution >= 0.6 is 11.3 Å². The maximum Gasteiger partial charge on any atom is 0.239 e. The van der Waals surface area contributed by atoms with E-state index in [1.54, 1.807) is 24.3 Å². The Hall–Kier alpha value is -3.15. The number of aromatic amines is 1. The summed E-state index contributed by atoms with van der Waals surface area (Å²) in [6.07, 6.45) is 0. The lowest BCUT2D eigenvalue weighted by Crippen LogP contribution is -2.23. The number of nitrogens with zero attached hydrogens (tertiary/aromatic N) is 4. The van der Waals surface area contributed by atoms with Crippen molar-refractivity contribution in [1.29, 1.82) is 5.41 Å². The Balaban J connectivity index is 2.15. The first kappa shape index (κ1) is 23.0. The molecule has 9 N–H and O–H groups in total. The number of rotatable bonds is 7. The summed E-state index contributed by atoms with van der Waals surface area (Å²) in [5.74, 6) is -0.313. The summed E-state index contributed by atoms with van der Waals surface area (Å²) in [7, 11) is -4.47. The molecule has 2 aromatic carbocycles. The number of para-hydroxylation sites is 1. The van der Waals surface area contributed by atoms with Crippen molar-refractivity contribution in [3.63, 3.8) is 0 Å². The van der Waals surface area contributed by atoms with Crippen LogP contribution in [0.4, 0.5) is 0 Å². The van der Waals surface area contributed by atoms with E-state index in [1.165, 1.54) is 17.4 Å². The van der Waals surface area contributed by atoms with Gasteiger partial charge in [0.05, 0.1) is 25.9 Å². The maximum atomic E-state index is 12.8. The van der Waals surface area contributed by atoms with Gasteiger partial charge in [0.15, 0.2) is 21.9 Å². The van der Waals surface area contributed by atoms with Crippen LogP contribution in [0, 0.1) is 5.41 Å². The van der Waals surface area contributed by atoms with Crippen LogP contribution in [0.15, 0.2) is 35.2 Å². The molecule has 4 aromatic rings. The molecule has 0 saturated carbocycles. The van der Waals surface area contributed by atoms with Gasteiger partial charge in [-0.3, -0.25) is 5.41 Å². The van der Waals surface area contributed by atoms with E-state index in [0.29, 0.717) is 26.4 Å². The van der Waals surface area contributed by atoms with Gasteiger partial charge in [0.25, 0.3) is 0 Å². The van der Waals surface area contributed by atoms with Crippen molar-refractivity contribution < 1.29 is 17.2 Å². The van der Waals surface area contributed by atoms with Gasteiger partial charge in [0.2, 0.25) is 15.8 Å². The van der Waals surface area contributed by atoms with Gasteiger partial charge >= 0.3 is 0 Å². The molecule has 2 unspecified atom stereocenters. The van der Waals surface area contributed by atoms with Gasteiger partial charge in [-0.1, -0.05) is 24.3 Å². The smallest absolute Gasteiger partial charge is 0.239 e. The lowest BCUT2D eigenvalue weighted by Gasteiger charge is -2.19. The molecule has 0 bridgehead atoms. The van der Waals surface area contributed by atoms with Gasteiger partial charge in [-0.25, -0.2) is 22.7 Å². The lowest BCUT2D eigenvalue weighted by molar-refractivity contribution is 0.549. The van der Waals surface area contributed by atoms with Crippen LogP contribution in [0.25, 0.3) is 32.7 Å². The molecular formula is C17H17N9O4S3. The second-order valence-electron chi connectivity index (χ2n) is 6.77. The Bertz CT molecular complexity index is 1500. The van der Waals surface area contributed by atoms with E-state index in [9.17, 15) is 17.2 Å². The highest BCUT2D eigenvalue weighted by Crippen LogP contribution is 2.42. The van der Waals surface area contributed by atoms with Crippen LogP contribution in [0.3, 0.4) is 0 Å². The normalized spacial score (nSPS) is 13.8. The number of hydrogen-bond acceptors (Lipinski definition) is 10. The molecule has 2 atom stereocenters. The molecule has 13 nitrogen and oxygen atoms in total. The molecule has 4 rings (SSSR count). The van der Waals surface area contributed by atoms with E-state index < -0.39 is 31.2 Å². The van der Waals surface area contributed by atoms with Crippen LogP contribution in [0.1, 0.15) is 15.8 Å². The van der Waals surface area contributed by atoms with Crippen LogP contribution in [-0.4, -0.2) is 55.2 Å². The number of hydrogen-bond donors (Lipinski definition) is 6. The molecule has 16 heteroatoms. The number of primary sulfonamides is 1. The van der Waals surface area contributed by atoms with Crippen LogP contribution in [-0.2, 0) is 21.1 Å². The van der Waals surface area contributed by atoms with Crippen molar-refractivity contribution in [1.82, 2.24) is 25.6 Å². The Morgan fingerprint density at radius 2 is 2.03 bits per heavy atom. The van der Waals surface area contributed by atoms with E-state index in [-0.39, 0.29) is 29.3 Å². The predicted molar refractivity (Wildman–Crippen MR) is 123 cm³/mol. The van der Waals surface area contributed by atoms with Crippen LogP contribution in [0.5, 0.6) is 0 Å². The largest absolute Gasteiger partial charge is 0.382 e. The monoisotopic (exact) mass is 507 g/mol. The first-order valence-corrected chi connectivity index (χ1v) is 12.6. The summed E-state index contributed by atoms with van der Waals surface area (Å²) in [6, 6.07) is 8.14. The number of amidine groups is 1. The fraction of sp³-hybridized carbons (Fsp3) is 0.118. The molecule has 2 aromatic heterocycles. The van der Waals surface area contributed by atoms with Crippen molar-refractivity contribution in [2.45, 2.75) is 10.1 Å². The fourth-order valence-corrected chi connectivity index (χ4v) is 6.00.